The molecule has 2 N–H and O–H groups in total. The molecule has 0 atom stereocenters. The Hall–Kier alpha value is -1.10. The molecule has 4 rings (SSSR count). The van der Waals surface area contributed by atoms with Gasteiger partial charge in [-0.15, -0.1) is 0 Å². The van der Waals surface area contributed by atoms with Crippen molar-refractivity contribution in [2.45, 2.75) is 37.1 Å². The Morgan fingerprint density at radius 2 is 2.00 bits per heavy atom. The van der Waals surface area contributed by atoms with Gasteiger partial charge in [-0.25, -0.2) is 0 Å². The highest BCUT2D eigenvalue weighted by Gasteiger charge is 2.51. The lowest BCUT2D eigenvalue weighted by Gasteiger charge is -2.42. The van der Waals surface area contributed by atoms with E-state index in [4.69, 9.17) is 17.3 Å². The number of hydrogen-bond acceptors (Lipinski definition) is 3. The SMILES string of the molecule is CN1C(=O)C2(CCN(C[C@H]3C[C@@H](N)C3)CC2)c2cc(Cl)ccc21. The van der Waals surface area contributed by atoms with Crippen LogP contribution in [0.1, 0.15) is 31.2 Å². The normalized spacial score (nSPS) is 29.7. The fourth-order valence-corrected chi connectivity index (χ4v) is 4.80. The number of nitrogens with two attached hydrogens (primary N) is 1. The molecule has 1 spiro atoms. The zero-order valence-electron chi connectivity index (χ0n) is 13.6. The minimum Gasteiger partial charge on any atom is -0.328 e. The number of fused-ring (bicyclic) bond motifs is 2. The standard InChI is InChI=1S/C18H24ClN3O/c1-21-16-3-2-13(19)10-15(16)18(17(21)23)4-6-22(7-5-18)11-12-8-14(20)9-12/h2-3,10,12,14H,4-9,11,20H2,1H3/t12-,14+. The molecule has 1 amide bonds. The van der Waals surface area contributed by atoms with Gasteiger partial charge >= 0.3 is 0 Å². The van der Waals surface area contributed by atoms with Gasteiger partial charge in [0.05, 0.1) is 5.41 Å². The third-order valence-electron chi connectivity index (χ3n) is 6.05. The first-order chi connectivity index (χ1) is 11.0. The van der Waals surface area contributed by atoms with Crippen LogP contribution in [0.4, 0.5) is 5.69 Å². The molecule has 5 heteroatoms. The molecule has 0 radical (unpaired) electrons. The predicted molar refractivity (Wildman–Crippen MR) is 92.9 cm³/mol. The summed E-state index contributed by atoms with van der Waals surface area (Å²) in [6.45, 7) is 3.10. The summed E-state index contributed by atoms with van der Waals surface area (Å²) in [6.07, 6.45) is 4.09. The van der Waals surface area contributed by atoms with Gasteiger partial charge in [-0.2, -0.15) is 0 Å². The van der Waals surface area contributed by atoms with E-state index in [-0.39, 0.29) is 11.3 Å². The Kier molecular flexibility index (Phi) is 3.67. The number of amides is 1. The molecule has 1 aliphatic carbocycles. The number of nitrogens with zero attached hydrogens (tertiary/aromatic N) is 2. The fraction of sp³-hybridized carbons (Fsp3) is 0.611. The number of piperidine rings is 1. The van der Waals surface area contributed by atoms with Crippen LogP contribution in [0.15, 0.2) is 18.2 Å². The van der Waals surface area contributed by atoms with Gasteiger partial charge < -0.3 is 15.5 Å². The lowest BCUT2D eigenvalue weighted by molar-refractivity contribution is -0.124. The van der Waals surface area contributed by atoms with Crippen LogP contribution in [-0.4, -0.2) is 43.5 Å². The highest BCUT2D eigenvalue weighted by atomic mass is 35.5. The molecule has 1 saturated heterocycles. The maximum absolute atomic E-state index is 12.9. The van der Waals surface area contributed by atoms with Crippen LogP contribution in [0.2, 0.25) is 5.02 Å². The van der Waals surface area contributed by atoms with Gasteiger partial charge in [-0.3, -0.25) is 4.79 Å². The Morgan fingerprint density at radius 3 is 2.65 bits per heavy atom. The number of hydrogen-bond donors (Lipinski definition) is 1. The van der Waals surface area contributed by atoms with E-state index >= 15 is 0 Å². The fourth-order valence-electron chi connectivity index (χ4n) is 4.63. The van der Waals surface area contributed by atoms with Gasteiger partial charge in [0.1, 0.15) is 0 Å². The molecule has 124 valence electrons. The summed E-state index contributed by atoms with van der Waals surface area (Å²) in [7, 11) is 1.88. The van der Waals surface area contributed by atoms with Crippen molar-refractivity contribution in [2.75, 3.05) is 31.6 Å². The van der Waals surface area contributed by atoms with Crippen LogP contribution >= 0.6 is 11.6 Å². The van der Waals surface area contributed by atoms with E-state index in [1.165, 1.54) is 0 Å². The van der Waals surface area contributed by atoms with Gasteiger partial charge in [0.2, 0.25) is 5.91 Å². The monoisotopic (exact) mass is 333 g/mol. The van der Waals surface area contributed by atoms with Crippen molar-refractivity contribution in [1.82, 2.24) is 4.90 Å². The topological polar surface area (TPSA) is 49.6 Å². The minimum atomic E-state index is -0.360. The maximum Gasteiger partial charge on any atom is 0.237 e. The van der Waals surface area contributed by atoms with E-state index in [9.17, 15) is 4.79 Å². The quantitative estimate of drug-likeness (QED) is 0.904. The van der Waals surface area contributed by atoms with Crippen molar-refractivity contribution in [1.29, 1.82) is 0 Å². The van der Waals surface area contributed by atoms with E-state index in [2.05, 4.69) is 4.90 Å². The number of likely N-dealkylation sites (N-methyl/N-ethyl adjacent to an activating group) is 1. The molecule has 2 fully saturated rings. The molecule has 2 heterocycles. The number of rotatable bonds is 2. The molecule has 4 nitrogen and oxygen atoms in total. The average molecular weight is 334 g/mol. The molecule has 0 unspecified atom stereocenters. The zero-order valence-corrected chi connectivity index (χ0v) is 14.4. The van der Waals surface area contributed by atoms with Gasteiger partial charge in [-0.1, -0.05) is 11.6 Å². The predicted octanol–water partition coefficient (Wildman–Crippen LogP) is 2.39. The molecular weight excluding hydrogens is 310 g/mol. The number of halogens is 1. The second-order valence-electron chi connectivity index (χ2n) is 7.51. The van der Waals surface area contributed by atoms with Crippen molar-refractivity contribution in [2.24, 2.45) is 11.7 Å². The van der Waals surface area contributed by atoms with Crippen LogP contribution < -0.4 is 10.6 Å². The second-order valence-corrected chi connectivity index (χ2v) is 7.94. The van der Waals surface area contributed by atoms with Crippen LogP contribution in [0.25, 0.3) is 0 Å². The summed E-state index contributed by atoms with van der Waals surface area (Å²) in [4.78, 5) is 17.3. The minimum absolute atomic E-state index is 0.236. The Labute approximate surface area is 142 Å². The molecular formula is C18H24ClN3O. The molecule has 3 aliphatic rings. The van der Waals surface area contributed by atoms with Gasteiger partial charge in [0.15, 0.2) is 0 Å². The van der Waals surface area contributed by atoms with Crippen molar-refractivity contribution in [3.8, 4) is 0 Å². The van der Waals surface area contributed by atoms with Crippen LogP contribution in [-0.2, 0) is 10.2 Å². The van der Waals surface area contributed by atoms with Crippen molar-refractivity contribution in [3.63, 3.8) is 0 Å². The van der Waals surface area contributed by atoms with Crippen molar-refractivity contribution < 1.29 is 4.79 Å². The van der Waals surface area contributed by atoms with Crippen molar-refractivity contribution >= 4 is 23.2 Å². The molecule has 1 saturated carbocycles. The number of anilines is 1. The summed E-state index contributed by atoms with van der Waals surface area (Å²) < 4.78 is 0. The maximum atomic E-state index is 12.9. The second kappa shape index (κ2) is 5.47. The first-order valence-electron chi connectivity index (χ1n) is 8.56. The molecule has 0 bridgehead atoms. The van der Waals surface area contributed by atoms with E-state index in [1.54, 1.807) is 0 Å². The average Bonchev–Trinajstić information content (AvgIpc) is 2.70. The summed E-state index contributed by atoms with van der Waals surface area (Å²) in [5.74, 6) is 0.989. The molecule has 2 aliphatic heterocycles. The number of carbonyl (C=O) groups excluding carboxylic acids is 1. The molecule has 1 aromatic rings. The summed E-state index contributed by atoms with van der Waals surface area (Å²) >= 11 is 6.21. The lowest BCUT2D eigenvalue weighted by atomic mass is 9.73. The third-order valence-corrected chi connectivity index (χ3v) is 6.28. The number of likely N-dealkylation sites (tertiary alicyclic amines) is 1. The number of benzene rings is 1. The van der Waals surface area contributed by atoms with Gasteiger partial charge in [-0.05, 0) is 68.5 Å². The van der Waals surface area contributed by atoms with Crippen LogP contribution in [0.3, 0.4) is 0 Å². The Bertz CT molecular complexity index is 633. The number of carbonyl (C=O) groups is 1. The first-order valence-corrected chi connectivity index (χ1v) is 8.93. The zero-order chi connectivity index (χ0) is 16.2. The molecule has 23 heavy (non-hydrogen) atoms. The van der Waals surface area contributed by atoms with Gasteiger partial charge in [0.25, 0.3) is 0 Å². The van der Waals surface area contributed by atoms with Gasteiger partial charge in [0, 0.05) is 30.3 Å². The Morgan fingerprint density at radius 1 is 1.30 bits per heavy atom. The highest BCUT2D eigenvalue weighted by Crippen LogP contribution is 2.48. The van der Waals surface area contributed by atoms with E-state index in [1.807, 2.05) is 30.1 Å². The highest BCUT2D eigenvalue weighted by molar-refractivity contribution is 6.31. The third kappa shape index (κ3) is 2.39. The molecule has 0 aromatic heterocycles. The first kappa shape index (κ1) is 15.4. The van der Waals surface area contributed by atoms with E-state index in [0.717, 1.165) is 67.5 Å². The largest absolute Gasteiger partial charge is 0.328 e. The molecule has 1 aromatic carbocycles. The van der Waals surface area contributed by atoms with E-state index in [0.29, 0.717) is 6.04 Å². The van der Waals surface area contributed by atoms with E-state index < -0.39 is 0 Å². The smallest absolute Gasteiger partial charge is 0.237 e. The lowest BCUT2D eigenvalue weighted by Crippen LogP contribution is -2.50. The summed E-state index contributed by atoms with van der Waals surface area (Å²) in [6, 6.07) is 6.26. The van der Waals surface area contributed by atoms with Crippen LogP contribution in [0, 0.1) is 5.92 Å². The Balaban J connectivity index is 1.52. The summed E-state index contributed by atoms with van der Waals surface area (Å²) in [5, 5.41) is 0.720. The van der Waals surface area contributed by atoms with Crippen LogP contribution in [0.5, 0.6) is 0 Å². The summed E-state index contributed by atoms with van der Waals surface area (Å²) in [5.41, 5.74) is 7.68. The van der Waals surface area contributed by atoms with Crippen molar-refractivity contribution in [3.05, 3.63) is 28.8 Å².